The Hall–Kier alpha value is -1.68. The minimum Gasteiger partial charge on any atom is -0.460 e. The van der Waals surface area contributed by atoms with Crippen LogP contribution in [0.2, 0.25) is 0 Å². The van der Waals surface area contributed by atoms with Crippen molar-refractivity contribution in [3.05, 3.63) is 0 Å². The van der Waals surface area contributed by atoms with Gasteiger partial charge in [0.15, 0.2) is 0 Å². The maximum absolute atomic E-state index is 11.1. The van der Waals surface area contributed by atoms with Crippen LogP contribution in [0.3, 0.4) is 0 Å². The third-order valence-corrected chi connectivity index (χ3v) is 2.73. The van der Waals surface area contributed by atoms with Crippen LogP contribution in [0.4, 0.5) is 0 Å². The summed E-state index contributed by atoms with van der Waals surface area (Å²) in [5.74, 6) is -1.12. The first-order valence-electron chi connectivity index (χ1n) is 5.56. The highest BCUT2D eigenvalue weighted by Gasteiger charge is 2.05. The summed E-state index contributed by atoms with van der Waals surface area (Å²) in [7, 11) is -4.73. The molecule has 20 heavy (non-hydrogen) atoms. The first kappa shape index (κ1) is 18.3. The average molecular weight is 326 g/mol. The molecule has 0 fully saturated rings. The Kier molecular flexibility index (Phi) is 10.2. The summed E-state index contributed by atoms with van der Waals surface area (Å²) < 4.78 is 49.6. The van der Waals surface area contributed by atoms with Crippen LogP contribution in [-0.4, -0.2) is 52.7 Å². The van der Waals surface area contributed by atoms with Crippen LogP contribution in [0.1, 0.15) is 25.7 Å². The SMILES string of the molecule is O=C(CCCCC(=O)OCC=S(=O)=O)OCC=S(=O)=O. The van der Waals surface area contributed by atoms with Gasteiger partial charge in [-0.05, 0) is 12.8 Å². The first-order chi connectivity index (χ1) is 9.41. The zero-order valence-electron chi connectivity index (χ0n) is 10.5. The van der Waals surface area contributed by atoms with Crippen LogP contribution < -0.4 is 0 Å². The number of carbonyl (C=O) groups excluding carboxylic acids is 2. The third kappa shape index (κ3) is 12.8. The molecular weight excluding hydrogens is 312 g/mol. The molecule has 0 unspecified atom stereocenters. The minimum absolute atomic E-state index is 0.0588. The second-order valence-corrected chi connectivity index (χ2v) is 5.14. The van der Waals surface area contributed by atoms with Crippen molar-refractivity contribution >= 4 is 43.3 Å². The van der Waals surface area contributed by atoms with Crippen molar-refractivity contribution in [3.8, 4) is 0 Å². The maximum Gasteiger partial charge on any atom is 0.306 e. The van der Waals surface area contributed by atoms with E-state index in [2.05, 4.69) is 9.47 Å². The molecule has 8 nitrogen and oxygen atoms in total. The summed E-state index contributed by atoms with van der Waals surface area (Å²) in [6.07, 6.45) is 0.879. The Bertz CT molecular complexity index is 515. The van der Waals surface area contributed by atoms with E-state index in [1.165, 1.54) is 0 Å². The molecule has 0 aromatic rings. The number of carbonyl (C=O) groups is 2. The quantitative estimate of drug-likeness (QED) is 0.300. The van der Waals surface area contributed by atoms with Gasteiger partial charge < -0.3 is 9.47 Å². The van der Waals surface area contributed by atoms with Gasteiger partial charge in [0.05, 0.1) is 10.7 Å². The van der Waals surface area contributed by atoms with Crippen molar-refractivity contribution in [3.63, 3.8) is 0 Å². The largest absolute Gasteiger partial charge is 0.460 e. The molecule has 0 N–H and O–H groups in total. The lowest BCUT2D eigenvalue weighted by atomic mass is 10.2. The lowest BCUT2D eigenvalue weighted by Gasteiger charge is -2.02. The highest BCUT2D eigenvalue weighted by atomic mass is 32.2. The Morgan fingerprint density at radius 2 is 1.10 bits per heavy atom. The molecule has 0 radical (unpaired) electrons. The van der Waals surface area contributed by atoms with Gasteiger partial charge >= 0.3 is 11.9 Å². The van der Waals surface area contributed by atoms with E-state index in [1.807, 2.05) is 0 Å². The zero-order valence-corrected chi connectivity index (χ0v) is 12.1. The summed E-state index contributed by atoms with van der Waals surface area (Å²) >= 11 is 0. The van der Waals surface area contributed by atoms with Crippen LogP contribution in [0, 0.1) is 0 Å². The molecule has 0 atom stereocenters. The molecule has 0 saturated heterocycles. The lowest BCUT2D eigenvalue weighted by molar-refractivity contribution is -0.144. The summed E-state index contributed by atoms with van der Waals surface area (Å²) in [4.78, 5) is 22.2. The van der Waals surface area contributed by atoms with Gasteiger partial charge in [0.2, 0.25) is 20.6 Å². The second-order valence-electron chi connectivity index (χ2n) is 3.43. The number of ether oxygens (including phenoxy) is 2. The smallest absolute Gasteiger partial charge is 0.306 e. The first-order valence-corrected chi connectivity index (χ1v) is 7.83. The Labute approximate surface area is 118 Å². The zero-order chi connectivity index (χ0) is 15.4. The number of hydrogen-bond donors (Lipinski definition) is 0. The Morgan fingerprint density at radius 3 is 1.40 bits per heavy atom. The second kappa shape index (κ2) is 11.2. The summed E-state index contributed by atoms with van der Waals surface area (Å²) in [5, 5.41) is 1.62. The Morgan fingerprint density at radius 1 is 0.750 bits per heavy atom. The molecule has 0 spiro atoms. The summed E-state index contributed by atoms with van der Waals surface area (Å²) in [5.41, 5.74) is 0. The topological polar surface area (TPSA) is 121 Å². The van der Waals surface area contributed by atoms with Crippen LogP contribution in [-0.2, 0) is 39.6 Å². The highest BCUT2D eigenvalue weighted by Crippen LogP contribution is 2.02. The van der Waals surface area contributed by atoms with Gasteiger partial charge in [0, 0.05) is 12.8 Å². The number of rotatable bonds is 9. The molecule has 0 amide bonds. The number of hydrogen-bond acceptors (Lipinski definition) is 8. The van der Waals surface area contributed by atoms with E-state index >= 15 is 0 Å². The molecular formula is C10H14O8S2. The summed E-state index contributed by atoms with van der Waals surface area (Å²) in [6, 6.07) is 0. The molecule has 114 valence electrons. The van der Waals surface area contributed by atoms with Gasteiger partial charge in [-0.25, -0.2) is 0 Å². The number of esters is 2. The van der Waals surface area contributed by atoms with E-state index in [0.29, 0.717) is 12.8 Å². The molecule has 0 rings (SSSR count). The molecule has 0 aliphatic heterocycles. The highest BCUT2D eigenvalue weighted by molar-refractivity contribution is 7.71. The van der Waals surface area contributed by atoms with Gasteiger partial charge in [-0.15, -0.1) is 0 Å². The van der Waals surface area contributed by atoms with Gasteiger partial charge in [-0.3, -0.25) is 9.59 Å². The molecule has 0 aliphatic carbocycles. The standard InChI is InChI=1S/C10H14O8S2/c11-9(17-5-7-19(13)14)3-1-2-4-10(12)18-6-8-20(15)16/h7-8H,1-6H2. The van der Waals surface area contributed by atoms with Crippen LogP contribution in [0.5, 0.6) is 0 Å². The molecule has 10 heteroatoms. The third-order valence-electron chi connectivity index (χ3n) is 1.91. The van der Waals surface area contributed by atoms with Crippen molar-refractivity contribution < 1.29 is 35.9 Å². The van der Waals surface area contributed by atoms with Gasteiger partial charge in [-0.2, -0.15) is 16.8 Å². The average Bonchev–Trinajstić information content (AvgIpc) is 2.33. The molecule has 0 saturated carbocycles. The van der Waals surface area contributed by atoms with Gasteiger partial charge in [0.25, 0.3) is 0 Å². The van der Waals surface area contributed by atoms with Crippen molar-refractivity contribution in [2.45, 2.75) is 25.7 Å². The Balaban J connectivity index is 3.65. The predicted octanol–water partition coefficient (Wildman–Crippen LogP) is -1.00. The van der Waals surface area contributed by atoms with Crippen molar-refractivity contribution in [1.82, 2.24) is 0 Å². The van der Waals surface area contributed by atoms with E-state index < -0.39 is 32.5 Å². The minimum atomic E-state index is -2.36. The lowest BCUT2D eigenvalue weighted by Crippen LogP contribution is -2.08. The fourth-order valence-electron chi connectivity index (χ4n) is 1.05. The van der Waals surface area contributed by atoms with E-state index in [0.717, 1.165) is 10.7 Å². The fraction of sp³-hybridized carbons (Fsp3) is 0.600. The van der Waals surface area contributed by atoms with Gasteiger partial charge in [0.1, 0.15) is 13.2 Å². The van der Waals surface area contributed by atoms with Crippen LogP contribution >= 0.6 is 0 Å². The van der Waals surface area contributed by atoms with Crippen LogP contribution in [0.15, 0.2) is 0 Å². The van der Waals surface area contributed by atoms with Crippen molar-refractivity contribution in [2.75, 3.05) is 13.2 Å². The molecule has 0 aliphatic rings. The van der Waals surface area contributed by atoms with Gasteiger partial charge in [-0.1, -0.05) is 0 Å². The van der Waals surface area contributed by atoms with E-state index in [4.69, 9.17) is 0 Å². The maximum atomic E-state index is 11.1. The summed E-state index contributed by atoms with van der Waals surface area (Å²) in [6.45, 7) is -0.613. The monoisotopic (exact) mass is 326 g/mol. The predicted molar refractivity (Wildman–Crippen MR) is 70.4 cm³/mol. The number of unbranched alkanes of at least 4 members (excludes halogenated alkanes) is 1. The van der Waals surface area contributed by atoms with E-state index in [9.17, 15) is 26.4 Å². The molecule has 0 heterocycles. The van der Waals surface area contributed by atoms with E-state index in [-0.39, 0.29) is 26.1 Å². The van der Waals surface area contributed by atoms with Crippen molar-refractivity contribution in [2.24, 2.45) is 0 Å². The molecule has 0 aromatic heterocycles. The molecule has 0 aromatic carbocycles. The normalized spacial score (nSPS) is 9.40. The van der Waals surface area contributed by atoms with E-state index in [1.54, 1.807) is 0 Å². The van der Waals surface area contributed by atoms with Crippen molar-refractivity contribution in [1.29, 1.82) is 0 Å². The fourth-order valence-corrected chi connectivity index (χ4v) is 1.41. The van der Waals surface area contributed by atoms with Crippen LogP contribution in [0.25, 0.3) is 0 Å². The molecule has 0 bridgehead atoms.